The van der Waals surface area contributed by atoms with Crippen LogP contribution in [-0.2, 0) is 22.9 Å². The number of sulfonamides is 1. The van der Waals surface area contributed by atoms with Crippen LogP contribution in [0.15, 0.2) is 59.6 Å². The van der Waals surface area contributed by atoms with Crippen molar-refractivity contribution in [3.8, 4) is 11.5 Å². The van der Waals surface area contributed by atoms with E-state index >= 15 is 0 Å². The summed E-state index contributed by atoms with van der Waals surface area (Å²) in [4.78, 5) is 23.4. The molecule has 0 spiro atoms. The standard InChI is InChI=1S/C31H38N4O6S/c1-40-25-8-9-28(41-2)29(20-25)42(38,39)35-16-12-24(13-17-35)19-27-26(30(36)37)21-32-31(33-27)34-14-10-23(11-15-34)18-22-6-4-3-5-7-22/h3-9,20-21,23-24H,10-19H2,1-2H3,(H,36,37). The highest BCUT2D eigenvalue weighted by Gasteiger charge is 2.33. The van der Waals surface area contributed by atoms with Gasteiger partial charge in [0.15, 0.2) is 0 Å². The number of ether oxygens (including phenoxy) is 2. The van der Waals surface area contributed by atoms with Gasteiger partial charge >= 0.3 is 5.97 Å². The van der Waals surface area contributed by atoms with Gasteiger partial charge in [0.2, 0.25) is 16.0 Å². The van der Waals surface area contributed by atoms with Crippen molar-refractivity contribution >= 4 is 21.9 Å². The number of rotatable bonds is 10. The minimum atomic E-state index is -3.80. The largest absolute Gasteiger partial charge is 0.497 e. The van der Waals surface area contributed by atoms with Gasteiger partial charge in [-0.15, -0.1) is 0 Å². The Bertz CT molecular complexity index is 1480. The van der Waals surface area contributed by atoms with Crippen molar-refractivity contribution in [3.05, 3.63) is 71.5 Å². The summed E-state index contributed by atoms with van der Waals surface area (Å²) < 4.78 is 39.0. The lowest BCUT2D eigenvalue weighted by molar-refractivity contribution is 0.0694. The third-order valence-corrected chi connectivity index (χ3v) is 10.3. The number of aromatic nitrogens is 2. The van der Waals surface area contributed by atoms with Crippen molar-refractivity contribution in [2.75, 3.05) is 45.3 Å². The van der Waals surface area contributed by atoms with Gasteiger partial charge in [-0.2, -0.15) is 4.31 Å². The van der Waals surface area contributed by atoms with E-state index < -0.39 is 16.0 Å². The van der Waals surface area contributed by atoms with Crippen molar-refractivity contribution in [1.29, 1.82) is 0 Å². The minimum Gasteiger partial charge on any atom is -0.497 e. The maximum absolute atomic E-state index is 13.5. The minimum absolute atomic E-state index is 0.0731. The highest BCUT2D eigenvalue weighted by atomic mass is 32.2. The van der Waals surface area contributed by atoms with E-state index in [1.165, 1.54) is 36.4 Å². The molecule has 0 saturated carbocycles. The lowest BCUT2D eigenvalue weighted by Gasteiger charge is -2.33. The van der Waals surface area contributed by atoms with Crippen LogP contribution in [0, 0.1) is 11.8 Å². The van der Waals surface area contributed by atoms with Crippen LogP contribution in [0.25, 0.3) is 0 Å². The molecule has 2 aliphatic heterocycles. The van der Waals surface area contributed by atoms with Crippen LogP contribution >= 0.6 is 0 Å². The van der Waals surface area contributed by atoms with Crippen LogP contribution in [0.3, 0.4) is 0 Å². The van der Waals surface area contributed by atoms with Crippen molar-refractivity contribution in [3.63, 3.8) is 0 Å². The number of benzene rings is 2. The van der Waals surface area contributed by atoms with Crippen LogP contribution in [0.2, 0.25) is 0 Å². The first-order valence-corrected chi connectivity index (χ1v) is 15.8. The Labute approximate surface area is 247 Å². The molecular weight excluding hydrogens is 556 g/mol. The average Bonchev–Trinajstić information content (AvgIpc) is 3.01. The smallest absolute Gasteiger partial charge is 0.339 e. The number of methoxy groups -OCH3 is 2. The molecule has 11 heteroatoms. The molecule has 224 valence electrons. The van der Waals surface area contributed by atoms with E-state index in [9.17, 15) is 18.3 Å². The van der Waals surface area contributed by atoms with Crippen molar-refractivity contribution in [1.82, 2.24) is 14.3 Å². The number of hydrogen-bond acceptors (Lipinski definition) is 8. The van der Waals surface area contributed by atoms with E-state index in [-0.39, 0.29) is 22.1 Å². The number of anilines is 1. The summed E-state index contributed by atoms with van der Waals surface area (Å²) in [5, 5.41) is 9.83. The first-order chi connectivity index (χ1) is 20.3. The zero-order valence-corrected chi connectivity index (χ0v) is 24.9. The number of carbonyl (C=O) groups is 1. The van der Waals surface area contributed by atoms with Crippen LogP contribution < -0.4 is 14.4 Å². The predicted molar refractivity (Wildman–Crippen MR) is 159 cm³/mol. The Kier molecular flexibility index (Phi) is 9.27. The van der Waals surface area contributed by atoms with Crippen LogP contribution in [-0.4, -0.2) is 74.2 Å². The lowest BCUT2D eigenvalue weighted by atomic mass is 9.90. The second-order valence-corrected chi connectivity index (χ2v) is 12.9. The molecule has 5 rings (SSSR count). The molecule has 1 aromatic heterocycles. The van der Waals surface area contributed by atoms with Gasteiger partial charge in [0.05, 0.1) is 25.5 Å². The summed E-state index contributed by atoms with van der Waals surface area (Å²) in [6.45, 7) is 2.30. The SMILES string of the molecule is COc1ccc(OC)c(S(=O)(=O)N2CCC(Cc3nc(N4CCC(Cc5ccccc5)CC4)ncc3C(=O)O)CC2)c1. The fourth-order valence-electron chi connectivity index (χ4n) is 5.93. The van der Waals surface area contributed by atoms with Gasteiger partial charge in [-0.25, -0.2) is 23.2 Å². The van der Waals surface area contributed by atoms with E-state index in [0.29, 0.717) is 55.7 Å². The number of nitrogens with zero attached hydrogens (tertiary/aromatic N) is 4. The van der Waals surface area contributed by atoms with Gasteiger partial charge in [0.25, 0.3) is 0 Å². The number of piperidine rings is 2. The first-order valence-electron chi connectivity index (χ1n) is 14.4. The highest BCUT2D eigenvalue weighted by molar-refractivity contribution is 7.89. The van der Waals surface area contributed by atoms with E-state index in [1.807, 2.05) is 6.07 Å². The maximum Gasteiger partial charge on any atom is 0.339 e. The first kappa shape index (κ1) is 29.8. The lowest BCUT2D eigenvalue weighted by Crippen LogP contribution is -2.39. The molecule has 0 radical (unpaired) electrons. The Morgan fingerprint density at radius 1 is 0.929 bits per heavy atom. The zero-order chi connectivity index (χ0) is 29.7. The maximum atomic E-state index is 13.5. The Morgan fingerprint density at radius 2 is 1.60 bits per heavy atom. The molecule has 1 N–H and O–H groups in total. The zero-order valence-electron chi connectivity index (χ0n) is 24.1. The summed E-state index contributed by atoms with van der Waals surface area (Å²) in [6, 6.07) is 15.2. The van der Waals surface area contributed by atoms with Gasteiger partial charge in [-0.05, 0) is 68.1 Å². The molecule has 0 bridgehead atoms. The molecule has 2 fully saturated rings. The van der Waals surface area contributed by atoms with Gasteiger partial charge in [-0.3, -0.25) is 0 Å². The highest BCUT2D eigenvalue weighted by Crippen LogP contribution is 2.33. The fraction of sp³-hybridized carbons (Fsp3) is 0.452. The number of aromatic carboxylic acids is 1. The van der Waals surface area contributed by atoms with Crippen LogP contribution in [0.1, 0.15) is 47.3 Å². The third kappa shape index (κ3) is 6.68. The third-order valence-electron chi connectivity index (χ3n) is 8.39. The van der Waals surface area contributed by atoms with E-state index in [4.69, 9.17) is 14.5 Å². The molecule has 3 heterocycles. The molecule has 2 aromatic carbocycles. The summed E-state index contributed by atoms with van der Waals surface area (Å²) in [5.74, 6) is 0.912. The summed E-state index contributed by atoms with van der Waals surface area (Å²) >= 11 is 0. The van der Waals surface area contributed by atoms with Crippen LogP contribution in [0.5, 0.6) is 11.5 Å². The summed E-state index contributed by atoms with van der Waals surface area (Å²) in [6.07, 6.45) is 6.17. The molecule has 0 atom stereocenters. The molecular formula is C31H38N4O6S. The topological polar surface area (TPSA) is 122 Å². The monoisotopic (exact) mass is 594 g/mol. The Balaban J connectivity index is 1.23. The Hall–Kier alpha value is -3.70. The van der Waals surface area contributed by atoms with Gasteiger partial charge in [0, 0.05) is 38.4 Å². The predicted octanol–water partition coefficient (Wildman–Crippen LogP) is 4.29. The second-order valence-electron chi connectivity index (χ2n) is 11.0. The van der Waals surface area contributed by atoms with Crippen molar-refractivity contribution in [2.45, 2.75) is 43.4 Å². The van der Waals surface area contributed by atoms with E-state index in [2.05, 4.69) is 34.1 Å². The second kappa shape index (κ2) is 13.1. The summed E-state index contributed by atoms with van der Waals surface area (Å²) in [7, 11) is -0.871. The van der Waals surface area contributed by atoms with Gasteiger partial charge in [-0.1, -0.05) is 30.3 Å². The van der Waals surface area contributed by atoms with Crippen LogP contribution in [0.4, 0.5) is 5.95 Å². The van der Waals surface area contributed by atoms with Crippen molar-refractivity contribution < 1.29 is 27.8 Å². The normalized spacial score (nSPS) is 17.2. The molecule has 10 nitrogen and oxygen atoms in total. The molecule has 2 aliphatic rings. The molecule has 3 aromatic rings. The number of hydrogen-bond donors (Lipinski definition) is 1. The number of carboxylic acids is 1. The average molecular weight is 595 g/mol. The molecule has 42 heavy (non-hydrogen) atoms. The molecule has 2 saturated heterocycles. The van der Waals surface area contributed by atoms with Gasteiger partial charge in [0.1, 0.15) is 16.4 Å². The molecule has 0 amide bonds. The van der Waals surface area contributed by atoms with Crippen molar-refractivity contribution in [2.24, 2.45) is 11.8 Å². The summed E-state index contributed by atoms with van der Waals surface area (Å²) in [5.41, 5.74) is 1.96. The Morgan fingerprint density at radius 3 is 2.24 bits per heavy atom. The van der Waals surface area contributed by atoms with Gasteiger partial charge < -0.3 is 19.5 Å². The quantitative estimate of drug-likeness (QED) is 0.366. The fourth-order valence-corrected chi connectivity index (χ4v) is 7.57. The number of carboxylic acid groups (broad SMARTS) is 1. The molecule has 0 aliphatic carbocycles. The molecule has 0 unspecified atom stereocenters. The van der Waals surface area contributed by atoms with E-state index in [1.54, 1.807) is 12.1 Å². The van der Waals surface area contributed by atoms with E-state index in [0.717, 1.165) is 32.4 Å².